The molecule has 7 heteroatoms. The van der Waals surface area contributed by atoms with Gasteiger partial charge < -0.3 is 14.3 Å². The van der Waals surface area contributed by atoms with Crippen LogP contribution >= 0.6 is 23.2 Å². The molecule has 0 radical (unpaired) electrons. The Morgan fingerprint density at radius 2 is 1.78 bits per heavy atom. The lowest BCUT2D eigenvalue weighted by atomic mass is 10.0. The number of oxime groups is 1. The molecule has 1 aliphatic heterocycles. The summed E-state index contributed by atoms with van der Waals surface area (Å²) in [5.41, 5.74) is 3.23. The summed E-state index contributed by atoms with van der Waals surface area (Å²) in [4.78, 5) is 17.2. The summed E-state index contributed by atoms with van der Waals surface area (Å²) in [6.07, 6.45) is 1.73. The van der Waals surface area contributed by atoms with Crippen molar-refractivity contribution >= 4 is 41.0 Å². The van der Waals surface area contributed by atoms with Gasteiger partial charge >= 0.3 is 5.97 Å². The second kappa shape index (κ2) is 9.90. The van der Waals surface area contributed by atoms with Gasteiger partial charge in [-0.1, -0.05) is 70.8 Å². The molecule has 0 bridgehead atoms. The largest absolute Gasteiger partial charge is 0.490 e. The maximum Gasteiger partial charge on any atom is 0.368 e. The number of carbonyl (C=O) groups is 1. The van der Waals surface area contributed by atoms with E-state index in [9.17, 15) is 4.79 Å². The first-order valence-corrected chi connectivity index (χ1v) is 10.7. The highest BCUT2D eigenvalue weighted by atomic mass is 35.5. The first-order valence-electron chi connectivity index (χ1n) is 9.95. The Balaban J connectivity index is 1.59. The van der Waals surface area contributed by atoms with Crippen LogP contribution in [0.5, 0.6) is 11.5 Å². The summed E-state index contributed by atoms with van der Waals surface area (Å²) in [7, 11) is 0. The monoisotopic (exact) mass is 467 g/mol. The van der Waals surface area contributed by atoms with E-state index >= 15 is 0 Å². The van der Waals surface area contributed by atoms with Crippen LogP contribution in [0.3, 0.4) is 0 Å². The van der Waals surface area contributed by atoms with Crippen LogP contribution in [0.15, 0.2) is 77.5 Å². The first-order chi connectivity index (χ1) is 15.5. The number of carbonyl (C=O) groups excluding carboxylic acids is 1. The van der Waals surface area contributed by atoms with E-state index < -0.39 is 5.97 Å². The Hall–Kier alpha value is -3.28. The van der Waals surface area contributed by atoms with Crippen molar-refractivity contribution in [3.05, 3.63) is 99.0 Å². The van der Waals surface area contributed by atoms with Gasteiger partial charge in [0.25, 0.3) is 0 Å². The summed E-state index contributed by atoms with van der Waals surface area (Å²) < 4.78 is 11.7. The fourth-order valence-corrected chi connectivity index (χ4v) is 3.64. The molecule has 32 heavy (non-hydrogen) atoms. The zero-order valence-corrected chi connectivity index (χ0v) is 18.7. The molecule has 0 unspecified atom stereocenters. The van der Waals surface area contributed by atoms with Crippen molar-refractivity contribution in [1.29, 1.82) is 0 Å². The second-order valence-electron chi connectivity index (χ2n) is 6.91. The average Bonchev–Trinajstić information content (AvgIpc) is 3.15. The molecule has 0 N–H and O–H groups in total. The highest BCUT2D eigenvalue weighted by molar-refractivity contribution is 6.35. The van der Waals surface area contributed by atoms with Crippen LogP contribution in [-0.2, 0) is 16.2 Å². The molecule has 162 valence electrons. The van der Waals surface area contributed by atoms with E-state index in [2.05, 4.69) is 5.16 Å². The molecule has 0 amide bonds. The number of ether oxygens (including phenoxy) is 2. The van der Waals surface area contributed by atoms with E-state index in [0.29, 0.717) is 39.4 Å². The van der Waals surface area contributed by atoms with Gasteiger partial charge in [-0.25, -0.2) is 4.79 Å². The lowest BCUT2D eigenvalue weighted by Gasteiger charge is -2.13. The van der Waals surface area contributed by atoms with Gasteiger partial charge in [0.2, 0.25) is 0 Å². The van der Waals surface area contributed by atoms with E-state index in [-0.39, 0.29) is 6.61 Å². The summed E-state index contributed by atoms with van der Waals surface area (Å²) in [6.45, 7) is 2.60. The third kappa shape index (κ3) is 4.96. The van der Waals surface area contributed by atoms with E-state index in [0.717, 1.165) is 16.7 Å². The van der Waals surface area contributed by atoms with Crippen molar-refractivity contribution in [2.75, 3.05) is 6.61 Å². The number of hydrogen-bond acceptors (Lipinski definition) is 5. The van der Waals surface area contributed by atoms with Crippen LogP contribution in [-0.4, -0.2) is 18.3 Å². The SMILES string of the molecule is CCOc1cc(C=C2C(=O)ON=C2c2ccccc2)ccc1OCc1ccc(Cl)cc1Cl. The van der Waals surface area contributed by atoms with Gasteiger partial charge in [-0.2, -0.15) is 0 Å². The van der Waals surface area contributed by atoms with Gasteiger partial charge in [0.15, 0.2) is 11.5 Å². The summed E-state index contributed by atoms with van der Waals surface area (Å²) in [5.74, 6) is 0.613. The molecule has 4 rings (SSSR count). The molecule has 1 heterocycles. The Kier molecular flexibility index (Phi) is 6.78. The fourth-order valence-electron chi connectivity index (χ4n) is 3.18. The molecule has 3 aromatic rings. The lowest BCUT2D eigenvalue weighted by molar-refractivity contribution is -0.136. The number of halogens is 2. The third-order valence-corrected chi connectivity index (χ3v) is 5.31. The standard InChI is InChI=1S/C25H19Cl2NO4/c1-2-30-23-13-16(8-11-22(23)31-15-18-9-10-19(26)14-21(18)27)12-20-24(28-32-25(20)29)17-6-4-3-5-7-17/h3-14H,2,15H2,1H3. The molecular formula is C25H19Cl2NO4. The van der Waals surface area contributed by atoms with Crippen LogP contribution in [0.25, 0.3) is 6.08 Å². The quantitative estimate of drug-likeness (QED) is 0.301. The Labute approximate surface area is 195 Å². The summed E-state index contributed by atoms with van der Waals surface area (Å²) >= 11 is 12.2. The van der Waals surface area contributed by atoms with Crippen LogP contribution in [0.1, 0.15) is 23.6 Å². The van der Waals surface area contributed by atoms with Gasteiger partial charge in [0.05, 0.1) is 12.2 Å². The van der Waals surface area contributed by atoms with Crippen molar-refractivity contribution in [3.8, 4) is 11.5 Å². The number of nitrogens with zero attached hydrogens (tertiary/aromatic N) is 1. The lowest BCUT2D eigenvalue weighted by Crippen LogP contribution is -2.06. The predicted molar refractivity (Wildman–Crippen MR) is 125 cm³/mol. The van der Waals surface area contributed by atoms with Crippen LogP contribution < -0.4 is 9.47 Å². The number of rotatable bonds is 7. The molecule has 0 atom stereocenters. The van der Waals surface area contributed by atoms with Gasteiger partial charge in [0.1, 0.15) is 12.3 Å². The minimum Gasteiger partial charge on any atom is -0.490 e. The molecule has 0 aliphatic carbocycles. The van der Waals surface area contributed by atoms with Gasteiger partial charge in [-0.15, -0.1) is 0 Å². The second-order valence-corrected chi connectivity index (χ2v) is 7.75. The van der Waals surface area contributed by atoms with E-state index in [1.165, 1.54) is 0 Å². The van der Waals surface area contributed by atoms with E-state index in [1.54, 1.807) is 24.3 Å². The molecule has 0 fully saturated rings. The van der Waals surface area contributed by atoms with E-state index in [4.69, 9.17) is 37.5 Å². The summed E-state index contributed by atoms with van der Waals surface area (Å²) in [6, 6.07) is 20.1. The van der Waals surface area contributed by atoms with Crippen LogP contribution in [0.4, 0.5) is 0 Å². The molecule has 0 aromatic heterocycles. The zero-order valence-electron chi connectivity index (χ0n) is 17.2. The van der Waals surface area contributed by atoms with Crippen molar-refractivity contribution in [1.82, 2.24) is 0 Å². The molecule has 0 saturated heterocycles. The van der Waals surface area contributed by atoms with Gasteiger partial charge in [0, 0.05) is 21.2 Å². The highest BCUT2D eigenvalue weighted by Gasteiger charge is 2.26. The fraction of sp³-hybridized carbons (Fsp3) is 0.120. The average molecular weight is 468 g/mol. The van der Waals surface area contributed by atoms with E-state index in [1.807, 2.05) is 55.5 Å². The maximum absolute atomic E-state index is 12.3. The number of benzene rings is 3. The van der Waals surface area contributed by atoms with Gasteiger partial charge in [-0.3, -0.25) is 0 Å². The molecular weight excluding hydrogens is 449 g/mol. The van der Waals surface area contributed by atoms with Crippen molar-refractivity contribution in [2.24, 2.45) is 5.16 Å². The minimum absolute atomic E-state index is 0.258. The maximum atomic E-state index is 12.3. The molecule has 3 aromatic carbocycles. The number of hydrogen-bond donors (Lipinski definition) is 0. The van der Waals surface area contributed by atoms with Crippen molar-refractivity contribution in [3.63, 3.8) is 0 Å². The van der Waals surface area contributed by atoms with Crippen molar-refractivity contribution < 1.29 is 19.1 Å². The highest BCUT2D eigenvalue weighted by Crippen LogP contribution is 2.32. The molecule has 0 spiro atoms. The normalized spacial score (nSPS) is 14.3. The smallest absolute Gasteiger partial charge is 0.368 e. The first kappa shape index (κ1) is 21.9. The third-order valence-electron chi connectivity index (χ3n) is 4.72. The molecule has 5 nitrogen and oxygen atoms in total. The Morgan fingerprint density at radius 1 is 0.969 bits per heavy atom. The topological polar surface area (TPSA) is 57.1 Å². The summed E-state index contributed by atoms with van der Waals surface area (Å²) in [5, 5.41) is 5.04. The zero-order chi connectivity index (χ0) is 22.5. The molecule has 0 saturated carbocycles. The Bertz CT molecular complexity index is 1210. The minimum atomic E-state index is -0.500. The molecule has 1 aliphatic rings. The van der Waals surface area contributed by atoms with Gasteiger partial charge in [-0.05, 0) is 42.8 Å². The van der Waals surface area contributed by atoms with Crippen molar-refractivity contribution in [2.45, 2.75) is 13.5 Å². The van der Waals surface area contributed by atoms with Crippen LogP contribution in [0.2, 0.25) is 10.0 Å². The predicted octanol–water partition coefficient (Wildman–Crippen LogP) is 6.32. The Morgan fingerprint density at radius 3 is 2.53 bits per heavy atom. The van der Waals surface area contributed by atoms with Crippen LogP contribution in [0, 0.1) is 0 Å².